The lowest BCUT2D eigenvalue weighted by Gasteiger charge is -2.44. The third-order valence-electron chi connectivity index (χ3n) is 3.83. The van der Waals surface area contributed by atoms with Crippen molar-refractivity contribution in [3.63, 3.8) is 0 Å². The maximum Gasteiger partial charge on any atom is 0.330 e. The van der Waals surface area contributed by atoms with E-state index in [0.29, 0.717) is 0 Å². The quantitative estimate of drug-likeness (QED) is 0.673. The van der Waals surface area contributed by atoms with Gasteiger partial charge in [-0.1, -0.05) is 27.7 Å². The topological polar surface area (TPSA) is 18.5 Å². The van der Waals surface area contributed by atoms with Crippen LogP contribution < -0.4 is 0 Å². The summed E-state index contributed by atoms with van der Waals surface area (Å²) in [5.41, 5.74) is -0.0577. The van der Waals surface area contributed by atoms with E-state index in [0.717, 1.165) is 23.3 Å². The van der Waals surface area contributed by atoms with E-state index in [9.17, 15) is 0 Å². The standard InChI is InChI=1S/C11H28O2Si2/c1-8-10(3,4)12-15(7,13-14)11(5,6)9-2/h8-9H2,1-7,14H3. The Morgan fingerprint density at radius 1 is 1.07 bits per heavy atom. The van der Waals surface area contributed by atoms with Gasteiger partial charge in [-0.05, 0) is 33.2 Å². The van der Waals surface area contributed by atoms with E-state index in [1.807, 2.05) is 0 Å². The Morgan fingerprint density at radius 3 is 1.80 bits per heavy atom. The normalized spacial score (nSPS) is 17.8. The van der Waals surface area contributed by atoms with Crippen molar-refractivity contribution < 1.29 is 8.54 Å². The van der Waals surface area contributed by atoms with Gasteiger partial charge in [-0.3, -0.25) is 0 Å². The molecule has 0 heterocycles. The molecule has 0 aromatic rings. The van der Waals surface area contributed by atoms with Crippen molar-refractivity contribution >= 4 is 19.0 Å². The van der Waals surface area contributed by atoms with Crippen molar-refractivity contribution in [3.05, 3.63) is 0 Å². The second kappa shape index (κ2) is 5.12. The number of hydrogen-bond donors (Lipinski definition) is 0. The molecule has 0 aliphatic heterocycles. The van der Waals surface area contributed by atoms with Crippen LogP contribution in [0.15, 0.2) is 0 Å². The summed E-state index contributed by atoms with van der Waals surface area (Å²) >= 11 is 0. The van der Waals surface area contributed by atoms with Gasteiger partial charge in [0.1, 0.15) is 10.5 Å². The van der Waals surface area contributed by atoms with E-state index in [1.54, 1.807) is 0 Å². The molecule has 1 atom stereocenters. The summed E-state index contributed by atoms with van der Waals surface area (Å²) in [4.78, 5) is 0. The highest BCUT2D eigenvalue weighted by atomic mass is 28.4. The van der Waals surface area contributed by atoms with Crippen LogP contribution in [0.4, 0.5) is 0 Å². The fourth-order valence-electron chi connectivity index (χ4n) is 1.38. The van der Waals surface area contributed by atoms with Crippen molar-refractivity contribution in [1.29, 1.82) is 0 Å². The number of rotatable bonds is 6. The van der Waals surface area contributed by atoms with E-state index < -0.39 is 8.56 Å². The summed E-state index contributed by atoms with van der Waals surface area (Å²) in [6.45, 7) is 15.4. The molecule has 15 heavy (non-hydrogen) atoms. The summed E-state index contributed by atoms with van der Waals surface area (Å²) < 4.78 is 12.2. The number of hydrogen-bond acceptors (Lipinski definition) is 2. The van der Waals surface area contributed by atoms with Crippen LogP contribution in [0.2, 0.25) is 11.6 Å². The van der Waals surface area contributed by atoms with Crippen molar-refractivity contribution in [2.24, 2.45) is 0 Å². The van der Waals surface area contributed by atoms with E-state index in [4.69, 9.17) is 8.54 Å². The Labute approximate surface area is 99.5 Å². The monoisotopic (exact) mass is 248 g/mol. The van der Waals surface area contributed by atoms with Gasteiger partial charge in [0.25, 0.3) is 0 Å². The average Bonchev–Trinajstić information content (AvgIpc) is 2.16. The molecule has 0 saturated carbocycles. The molecule has 4 heteroatoms. The Bertz CT molecular complexity index is 205. The SMILES string of the molecule is CCC(C)(C)O[Si](C)(O[SiH3])C(C)(C)CC. The highest BCUT2D eigenvalue weighted by Gasteiger charge is 2.48. The molecular weight excluding hydrogens is 220 g/mol. The largest absolute Gasteiger partial charge is 0.444 e. The molecule has 0 spiro atoms. The Kier molecular flexibility index (Phi) is 5.24. The van der Waals surface area contributed by atoms with Gasteiger partial charge in [0.05, 0.1) is 5.60 Å². The van der Waals surface area contributed by atoms with E-state index >= 15 is 0 Å². The van der Waals surface area contributed by atoms with Crippen molar-refractivity contribution in [2.75, 3.05) is 0 Å². The lowest BCUT2D eigenvalue weighted by Crippen LogP contribution is -2.52. The minimum atomic E-state index is -2.05. The maximum absolute atomic E-state index is 6.33. The zero-order chi connectivity index (χ0) is 12.3. The zero-order valence-electron chi connectivity index (χ0n) is 11.7. The average molecular weight is 249 g/mol. The molecule has 0 aliphatic rings. The van der Waals surface area contributed by atoms with Crippen LogP contribution >= 0.6 is 0 Å². The lowest BCUT2D eigenvalue weighted by atomic mass is 10.1. The van der Waals surface area contributed by atoms with Gasteiger partial charge < -0.3 is 8.54 Å². The van der Waals surface area contributed by atoms with Crippen LogP contribution in [0.3, 0.4) is 0 Å². The van der Waals surface area contributed by atoms with Crippen molar-refractivity contribution in [2.45, 2.75) is 71.6 Å². The van der Waals surface area contributed by atoms with Gasteiger partial charge in [0.15, 0.2) is 0 Å². The molecule has 0 aromatic carbocycles. The highest BCUT2D eigenvalue weighted by molar-refractivity contribution is 6.71. The first-order chi connectivity index (χ1) is 6.64. The van der Waals surface area contributed by atoms with E-state index in [-0.39, 0.29) is 10.6 Å². The Hall–Kier alpha value is 0.354. The van der Waals surface area contributed by atoms with E-state index in [1.165, 1.54) is 0 Å². The van der Waals surface area contributed by atoms with Gasteiger partial charge in [0, 0.05) is 5.04 Å². The molecule has 0 rings (SSSR count). The van der Waals surface area contributed by atoms with E-state index in [2.05, 4.69) is 48.1 Å². The second-order valence-electron chi connectivity index (χ2n) is 5.60. The summed E-state index contributed by atoms with van der Waals surface area (Å²) in [5.74, 6) is 0. The fraction of sp³-hybridized carbons (Fsp3) is 1.00. The lowest BCUT2D eigenvalue weighted by molar-refractivity contribution is 0.0589. The summed E-state index contributed by atoms with van der Waals surface area (Å²) in [6, 6.07) is 0. The van der Waals surface area contributed by atoms with Crippen LogP contribution in [0.5, 0.6) is 0 Å². The summed E-state index contributed by atoms with van der Waals surface area (Å²) in [7, 11) is -1.28. The first kappa shape index (κ1) is 15.4. The molecule has 1 unspecified atom stereocenters. The van der Waals surface area contributed by atoms with Gasteiger partial charge in [-0.25, -0.2) is 0 Å². The van der Waals surface area contributed by atoms with Gasteiger partial charge in [-0.15, -0.1) is 0 Å². The minimum Gasteiger partial charge on any atom is -0.444 e. The van der Waals surface area contributed by atoms with Crippen LogP contribution in [-0.2, 0) is 8.54 Å². The molecule has 0 amide bonds. The van der Waals surface area contributed by atoms with Crippen LogP contribution in [0.1, 0.15) is 54.4 Å². The maximum atomic E-state index is 6.33. The zero-order valence-corrected chi connectivity index (χ0v) is 14.7. The molecule has 0 aromatic heterocycles. The fourth-order valence-corrected chi connectivity index (χ4v) is 6.04. The first-order valence-electron chi connectivity index (χ1n) is 5.89. The predicted octanol–water partition coefficient (Wildman–Crippen LogP) is 2.75. The van der Waals surface area contributed by atoms with Crippen molar-refractivity contribution in [1.82, 2.24) is 0 Å². The third-order valence-corrected chi connectivity index (χ3v) is 10.7. The molecule has 0 bridgehead atoms. The molecule has 0 radical (unpaired) electrons. The predicted molar refractivity (Wildman–Crippen MR) is 72.4 cm³/mol. The van der Waals surface area contributed by atoms with Gasteiger partial charge in [-0.2, -0.15) is 0 Å². The molecular formula is C11H28O2Si2. The molecule has 0 aliphatic carbocycles. The molecule has 0 N–H and O–H groups in total. The molecule has 0 fully saturated rings. The molecule has 2 nitrogen and oxygen atoms in total. The Balaban J connectivity index is 4.87. The summed E-state index contributed by atoms with van der Waals surface area (Å²) in [6.07, 6.45) is 2.14. The van der Waals surface area contributed by atoms with Gasteiger partial charge in [0.2, 0.25) is 0 Å². The van der Waals surface area contributed by atoms with Crippen molar-refractivity contribution in [3.8, 4) is 0 Å². The van der Waals surface area contributed by atoms with Crippen LogP contribution in [-0.4, -0.2) is 24.6 Å². The summed E-state index contributed by atoms with van der Waals surface area (Å²) in [5, 5.41) is 0.182. The minimum absolute atomic E-state index is 0.0577. The Morgan fingerprint density at radius 2 is 1.53 bits per heavy atom. The first-order valence-corrected chi connectivity index (χ1v) is 9.02. The van der Waals surface area contributed by atoms with Crippen LogP contribution in [0.25, 0.3) is 0 Å². The molecule has 0 saturated heterocycles. The smallest absolute Gasteiger partial charge is 0.330 e. The second-order valence-corrected chi connectivity index (χ2v) is 10.7. The van der Waals surface area contributed by atoms with Gasteiger partial charge >= 0.3 is 8.56 Å². The third kappa shape index (κ3) is 3.69. The highest BCUT2D eigenvalue weighted by Crippen LogP contribution is 2.43. The molecule has 92 valence electrons. The van der Waals surface area contributed by atoms with Crippen LogP contribution in [0, 0.1) is 0 Å².